The van der Waals surface area contributed by atoms with Crippen molar-refractivity contribution in [3.05, 3.63) is 59.7 Å². The number of alkyl carbamates (subject to hydrolysis) is 1. The number of ether oxygens (including phenoxy) is 1. The van der Waals surface area contributed by atoms with E-state index in [4.69, 9.17) is 9.57 Å². The average Bonchev–Trinajstić information content (AvgIpc) is 3.98. The van der Waals surface area contributed by atoms with Gasteiger partial charge >= 0.3 is 6.09 Å². The van der Waals surface area contributed by atoms with E-state index in [1.165, 1.54) is 4.90 Å². The number of amides is 4. The average molecular weight is 744 g/mol. The van der Waals surface area contributed by atoms with E-state index in [0.29, 0.717) is 18.6 Å². The number of carbonyl (C=O) groups excluding carboxylic acids is 4. The second-order valence-corrected chi connectivity index (χ2v) is 17.1. The van der Waals surface area contributed by atoms with Gasteiger partial charge in [-0.3, -0.25) is 19.1 Å². The molecule has 5 atom stereocenters. The first kappa shape index (κ1) is 37.2. The first-order valence-corrected chi connectivity index (χ1v) is 18.9. The molecule has 3 N–H and O–H groups in total. The van der Waals surface area contributed by atoms with E-state index in [2.05, 4.69) is 15.8 Å². The van der Waals surface area contributed by atoms with E-state index in [1.54, 1.807) is 34.6 Å². The number of benzene rings is 2. The van der Waals surface area contributed by atoms with Crippen LogP contribution in [-0.4, -0.2) is 90.4 Å². The molecule has 13 nitrogen and oxygen atoms in total. The lowest BCUT2D eigenvalue weighted by Gasteiger charge is -2.31. The molecule has 3 fully saturated rings. The topological polar surface area (TPSA) is 173 Å². The minimum Gasteiger partial charge on any atom is -0.444 e. The number of nitrogens with one attached hydrogen (secondary N) is 3. The molecule has 0 spiro atoms. The van der Waals surface area contributed by atoms with Crippen LogP contribution in [0, 0.1) is 11.8 Å². The standard InChI is InChI=1S/C36H43F2N5O8S/c1-19(2)28(39-34(47)50-35(3,4)5)32(45)43-18-20(51-41-29-24-12-8-6-10-22(24)23-11-7-9-13-25(23)29)16-27(43)31(44)40-36(17-26(36)30(37)38)33(46)42-52(48,49)21-14-15-21/h6-13,19-21,26-28,30H,14-18H2,1-5H3,(H,39,47)(H,40,44)(H,42,46)/t20-,26+,27+,28+,36+/m1/s1. The van der Waals surface area contributed by atoms with Crippen LogP contribution in [0.2, 0.25) is 0 Å². The summed E-state index contributed by atoms with van der Waals surface area (Å²) >= 11 is 0. The third-order valence-corrected chi connectivity index (χ3v) is 11.5. The van der Waals surface area contributed by atoms with Gasteiger partial charge in [0.1, 0.15) is 35.0 Å². The molecule has 52 heavy (non-hydrogen) atoms. The quantitative estimate of drug-likeness (QED) is 0.250. The smallest absolute Gasteiger partial charge is 0.408 e. The Hall–Kier alpha value is -4.60. The van der Waals surface area contributed by atoms with Crippen LogP contribution in [0.5, 0.6) is 0 Å². The molecule has 0 bridgehead atoms. The fraction of sp³-hybridized carbons (Fsp3) is 0.528. The maximum Gasteiger partial charge on any atom is 0.408 e. The summed E-state index contributed by atoms with van der Waals surface area (Å²) < 4.78 is 60.5. The largest absolute Gasteiger partial charge is 0.444 e. The zero-order chi connectivity index (χ0) is 37.7. The van der Waals surface area contributed by atoms with Gasteiger partial charge in [0.15, 0.2) is 0 Å². The molecule has 3 aliphatic carbocycles. The first-order chi connectivity index (χ1) is 24.4. The number of fused-ring (bicyclic) bond motifs is 3. The van der Waals surface area contributed by atoms with E-state index < -0.39 is 93.1 Å². The maximum atomic E-state index is 14.2. The fourth-order valence-electron chi connectivity index (χ4n) is 6.75. The molecule has 1 saturated heterocycles. The lowest BCUT2D eigenvalue weighted by molar-refractivity contribution is -0.142. The Morgan fingerprint density at radius 1 is 0.962 bits per heavy atom. The normalized spacial score (nSPS) is 24.1. The molecule has 4 aliphatic rings. The van der Waals surface area contributed by atoms with Crippen LogP contribution in [0.3, 0.4) is 0 Å². The predicted octanol–water partition coefficient (Wildman–Crippen LogP) is 3.70. The molecule has 4 amide bonds. The molecule has 280 valence electrons. The summed E-state index contributed by atoms with van der Waals surface area (Å²) in [7, 11) is -4.12. The Bertz CT molecular complexity index is 1860. The number of halogens is 2. The number of alkyl halides is 2. The van der Waals surface area contributed by atoms with Gasteiger partial charge < -0.3 is 25.1 Å². The van der Waals surface area contributed by atoms with Crippen molar-refractivity contribution in [2.75, 3.05) is 6.54 Å². The molecule has 0 radical (unpaired) electrons. The SMILES string of the molecule is CC(C)[C@H](NC(=O)OC(C)(C)C)C(=O)N1C[C@H](ON=C2c3ccccc3-c3ccccc32)C[C@H]1C(=O)N[C@@]1(C(=O)NS(=O)(=O)C2CC2)C[C@H]1C(F)F. The highest BCUT2D eigenvalue weighted by molar-refractivity contribution is 7.91. The van der Waals surface area contributed by atoms with Crippen molar-refractivity contribution < 1.29 is 46.0 Å². The van der Waals surface area contributed by atoms with Gasteiger partial charge in [-0.15, -0.1) is 0 Å². The number of nitrogens with zero attached hydrogens (tertiary/aromatic N) is 2. The van der Waals surface area contributed by atoms with Crippen molar-refractivity contribution in [3.63, 3.8) is 0 Å². The zero-order valence-electron chi connectivity index (χ0n) is 29.5. The molecule has 0 unspecified atom stereocenters. The van der Waals surface area contributed by atoms with Gasteiger partial charge in [-0.1, -0.05) is 67.5 Å². The molecule has 2 saturated carbocycles. The molecular weight excluding hydrogens is 700 g/mol. The van der Waals surface area contributed by atoms with Gasteiger partial charge in [0, 0.05) is 17.5 Å². The number of oxime groups is 1. The minimum atomic E-state index is -4.12. The van der Waals surface area contributed by atoms with Crippen molar-refractivity contribution >= 4 is 39.5 Å². The van der Waals surface area contributed by atoms with E-state index in [-0.39, 0.29) is 13.0 Å². The van der Waals surface area contributed by atoms with Gasteiger partial charge in [0.05, 0.1) is 17.7 Å². The fourth-order valence-corrected chi connectivity index (χ4v) is 8.11. The third-order valence-electron chi connectivity index (χ3n) is 9.67. The number of carbonyl (C=O) groups is 4. The first-order valence-electron chi connectivity index (χ1n) is 17.3. The summed E-state index contributed by atoms with van der Waals surface area (Å²) in [6, 6.07) is 12.8. The Morgan fingerprint density at radius 3 is 2.04 bits per heavy atom. The zero-order valence-corrected chi connectivity index (χ0v) is 30.3. The van der Waals surface area contributed by atoms with Gasteiger partial charge in [-0.05, 0) is 57.1 Å². The molecule has 16 heteroatoms. The van der Waals surface area contributed by atoms with Crippen LogP contribution >= 0.6 is 0 Å². The Labute approximate surface area is 300 Å². The van der Waals surface area contributed by atoms with Crippen molar-refractivity contribution in [2.24, 2.45) is 17.0 Å². The summed E-state index contributed by atoms with van der Waals surface area (Å²) in [6.07, 6.45) is -4.75. The maximum absolute atomic E-state index is 14.2. The van der Waals surface area contributed by atoms with Crippen LogP contribution in [0.4, 0.5) is 13.6 Å². The van der Waals surface area contributed by atoms with Crippen molar-refractivity contribution in [1.29, 1.82) is 0 Å². The molecule has 2 aromatic rings. The summed E-state index contributed by atoms with van der Waals surface area (Å²) in [5, 5.41) is 8.66. The van der Waals surface area contributed by atoms with Crippen LogP contribution in [-0.2, 0) is 34.0 Å². The number of hydrogen-bond donors (Lipinski definition) is 3. The predicted molar refractivity (Wildman–Crippen MR) is 186 cm³/mol. The van der Waals surface area contributed by atoms with Crippen LogP contribution in [0.25, 0.3) is 11.1 Å². The summed E-state index contributed by atoms with van der Waals surface area (Å²) in [4.78, 5) is 61.5. The third kappa shape index (κ3) is 7.48. The van der Waals surface area contributed by atoms with E-state index in [0.717, 1.165) is 22.3 Å². The van der Waals surface area contributed by atoms with E-state index in [1.807, 2.05) is 53.3 Å². The number of sulfonamides is 1. The Morgan fingerprint density at radius 2 is 1.54 bits per heavy atom. The van der Waals surface area contributed by atoms with Gasteiger partial charge in [0.25, 0.3) is 5.91 Å². The summed E-state index contributed by atoms with van der Waals surface area (Å²) in [5.41, 5.74) is 1.04. The molecule has 6 rings (SSSR count). The van der Waals surface area contributed by atoms with Crippen LogP contribution in [0.15, 0.2) is 53.7 Å². The van der Waals surface area contributed by atoms with Crippen LogP contribution in [0.1, 0.15) is 71.4 Å². The highest BCUT2D eigenvalue weighted by atomic mass is 32.2. The van der Waals surface area contributed by atoms with Crippen molar-refractivity contribution in [2.45, 2.75) is 101 Å². The molecule has 0 aromatic heterocycles. The lowest BCUT2D eigenvalue weighted by Crippen LogP contribution is -2.59. The number of likely N-dealkylation sites (tertiary alicyclic amines) is 1. The number of hydrogen-bond acceptors (Lipinski definition) is 9. The minimum absolute atomic E-state index is 0.147. The second kappa shape index (κ2) is 13.7. The van der Waals surface area contributed by atoms with Crippen molar-refractivity contribution in [3.8, 4) is 11.1 Å². The highest BCUT2D eigenvalue weighted by Crippen LogP contribution is 2.48. The molecule has 1 heterocycles. The van der Waals surface area contributed by atoms with Gasteiger partial charge in [-0.25, -0.2) is 22.0 Å². The summed E-state index contributed by atoms with van der Waals surface area (Å²) in [6.45, 7) is 8.20. The van der Waals surface area contributed by atoms with Gasteiger partial charge in [0.2, 0.25) is 28.3 Å². The summed E-state index contributed by atoms with van der Waals surface area (Å²) in [5.74, 6) is -5.00. The highest BCUT2D eigenvalue weighted by Gasteiger charge is 2.66. The van der Waals surface area contributed by atoms with E-state index >= 15 is 0 Å². The van der Waals surface area contributed by atoms with E-state index in [9.17, 15) is 36.4 Å². The lowest BCUT2D eigenvalue weighted by atomic mass is 10.0. The second-order valence-electron chi connectivity index (χ2n) is 15.1. The monoisotopic (exact) mass is 743 g/mol. The molecule has 2 aromatic carbocycles. The Kier molecular flexibility index (Phi) is 9.83. The molecular formula is C36H43F2N5O8S. The van der Waals surface area contributed by atoms with Gasteiger partial charge in [-0.2, -0.15) is 0 Å². The number of rotatable bonds is 11. The molecule has 1 aliphatic heterocycles. The Balaban J connectivity index is 1.28. The van der Waals surface area contributed by atoms with Crippen molar-refractivity contribution in [1.82, 2.24) is 20.3 Å². The van der Waals surface area contributed by atoms with Crippen LogP contribution < -0.4 is 15.4 Å².